The van der Waals surface area contributed by atoms with Crippen molar-refractivity contribution in [1.29, 1.82) is 5.26 Å². The molecule has 0 heterocycles. The van der Waals surface area contributed by atoms with E-state index in [4.69, 9.17) is 10.00 Å². The molecule has 0 bridgehead atoms. The van der Waals surface area contributed by atoms with Crippen molar-refractivity contribution in [3.05, 3.63) is 69.8 Å². The van der Waals surface area contributed by atoms with Crippen LogP contribution in [0.25, 0.3) is 0 Å². The minimum Gasteiger partial charge on any atom is -0.449 e. The van der Waals surface area contributed by atoms with Gasteiger partial charge in [-0.15, -0.1) is 0 Å². The molecule has 0 saturated carbocycles. The molecular formula is C17H13N3O5. The van der Waals surface area contributed by atoms with Crippen LogP contribution in [-0.4, -0.2) is 22.9 Å². The number of nitrogens with one attached hydrogen (secondary N) is 1. The predicted octanol–water partition coefficient (Wildman–Crippen LogP) is 2.65. The number of nitro groups is 1. The standard InChI is InChI=1S/C17H13N3O5/c1-11(25-17(22)13-7-5-12(10-18)6-8-13)16(21)19-14-3-2-4-15(9-14)20(23)24/h2-9,11H,1H3,(H,19,21)/t11-/m1/s1. The first-order valence-corrected chi connectivity index (χ1v) is 7.17. The van der Waals surface area contributed by atoms with Gasteiger partial charge in [0.2, 0.25) is 0 Å². The van der Waals surface area contributed by atoms with Crippen molar-refractivity contribution >= 4 is 23.3 Å². The Balaban J connectivity index is 1.99. The van der Waals surface area contributed by atoms with Gasteiger partial charge < -0.3 is 10.1 Å². The van der Waals surface area contributed by atoms with Crippen molar-refractivity contribution in [3.63, 3.8) is 0 Å². The van der Waals surface area contributed by atoms with Gasteiger partial charge in [-0.2, -0.15) is 5.26 Å². The lowest BCUT2D eigenvalue weighted by molar-refractivity contribution is -0.384. The average Bonchev–Trinajstić information content (AvgIpc) is 2.61. The largest absolute Gasteiger partial charge is 0.449 e. The molecular weight excluding hydrogens is 326 g/mol. The second-order valence-corrected chi connectivity index (χ2v) is 5.03. The fourth-order valence-electron chi connectivity index (χ4n) is 1.90. The van der Waals surface area contributed by atoms with E-state index in [-0.39, 0.29) is 16.9 Å². The van der Waals surface area contributed by atoms with E-state index >= 15 is 0 Å². The van der Waals surface area contributed by atoms with Gasteiger partial charge in [0.15, 0.2) is 6.10 Å². The Hall–Kier alpha value is -3.73. The molecule has 0 radical (unpaired) electrons. The summed E-state index contributed by atoms with van der Waals surface area (Å²) >= 11 is 0. The average molecular weight is 339 g/mol. The van der Waals surface area contributed by atoms with Gasteiger partial charge >= 0.3 is 5.97 Å². The third-order valence-corrected chi connectivity index (χ3v) is 3.23. The molecule has 0 aromatic heterocycles. The minimum atomic E-state index is -1.11. The van der Waals surface area contributed by atoms with Crippen LogP contribution >= 0.6 is 0 Å². The first kappa shape index (κ1) is 17.6. The van der Waals surface area contributed by atoms with Crippen LogP contribution in [0.15, 0.2) is 48.5 Å². The van der Waals surface area contributed by atoms with E-state index in [9.17, 15) is 19.7 Å². The number of nitriles is 1. The number of esters is 1. The highest BCUT2D eigenvalue weighted by molar-refractivity contribution is 5.97. The van der Waals surface area contributed by atoms with Crippen LogP contribution in [0.3, 0.4) is 0 Å². The van der Waals surface area contributed by atoms with Crippen molar-refractivity contribution in [1.82, 2.24) is 0 Å². The molecule has 0 aliphatic rings. The van der Waals surface area contributed by atoms with Gasteiger partial charge in [-0.1, -0.05) is 6.07 Å². The third kappa shape index (κ3) is 4.62. The Bertz CT molecular complexity index is 855. The number of ether oxygens (including phenoxy) is 1. The summed E-state index contributed by atoms with van der Waals surface area (Å²) in [5.74, 6) is -1.34. The SMILES string of the molecule is C[C@@H](OC(=O)c1ccc(C#N)cc1)C(=O)Nc1cccc([N+](=O)[O-])c1. The van der Waals surface area contributed by atoms with Crippen molar-refractivity contribution in [2.45, 2.75) is 13.0 Å². The first-order valence-electron chi connectivity index (χ1n) is 7.17. The monoisotopic (exact) mass is 339 g/mol. The molecule has 126 valence electrons. The number of benzene rings is 2. The van der Waals surface area contributed by atoms with Gasteiger partial charge in [0.05, 0.1) is 22.1 Å². The second-order valence-electron chi connectivity index (χ2n) is 5.03. The molecule has 2 aromatic carbocycles. The van der Waals surface area contributed by atoms with Crippen LogP contribution in [0.4, 0.5) is 11.4 Å². The molecule has 0 spiro atoms. The molecule has 2 rings (SSSR count). The van der Waals surface area contributed by atoms with Crippen LogP contribution in [0.1, 0.15) is 22.8 Å². The van der Waals surface area contributed by atoms with E-state index in [0.29, 0.717) is 5.56 Å². The van der Waals surface area contributed by atoms with E-state index in [1.54, 1.807) is 0 Å². The molecule has 2 aromatic rings. The molecule has 0 aliphatic heterocycles. The number of nitrogens with zero attached hydrogens (tertiary/aromatic N) is 2. The van der Waals surface area contributed by atoms with Crippen LogP contribution < -0.4 is 5.32 Å². The van der Waals surface area contributed by atoms with Crippen LogP contribution in [0, 0.1) is 21.4 Å². The highest BCUT2D eigenvalue weighted by Crippen LogP contribution is 2.17. The minimum absolute atomic E-state index is 0.167. The number of amides is 1. The first-order chi connectivity index (χ1) is 11.9. The lowest BCUT2D eigenvalue weighted by atomic mass is 10.1. The number of non-ortho nitro benzene ring substituents is 1. The number of anilines is 1. The molecule has 1 atom stereocenters. The third-order valence-electron chi connectivity index (χ3n) is 3.23. The van der Waals surface area contributed by atoms with E-state index in [2.05, 4.69) is 5.32 Å². The van der Waals surface area contributed by atoms with E-state index < -0.39 is 22.9 Å². The summed E-state index contributed by atoms with van der Waals surface area (Å²) in [6, 6.07) is 13.1. The van der Waals surface area contributed by atoms with E-state index in [1.807, 2.05) is 6.07 Å². The summed E-state index contributed by atoms with van der Waals surface area (Å²) in [5, 5.41) is 21.9. The molecule has 1 amide bonds. The Kier molecular flexibility index (Phi) is 5.43. The predicted molar refractivity (Wildman–Crippen MR) is 87.8 cm³/mol. The molecule has 1 N–H and O–H groups in total. The lowest BCUT2D eigenvalue weighted by Crippen LogP contribution is -2.30. The smallest absolute Gasteiger partial charge is 0.338 e. The van der Waals surface area contributed by atoms with Gasteiger partial charge in [-0.05, 0) is 37.3 Å². The summed E-state index contributed by atoms with van der Waals surface area (Å²) in [5.41, 5.74) is 0.655. The summed E-state index contributed by atoms with van der Waals surface area (Å²) in [6.45, 7) is 1.38. The molecule has 8 nitrogen and oxygen atoms in total. The number of carbonyl (C=O) groups excluding carboxylic acids is 2. The van der Waals surface area contributed by atoms with Gasteiger partial charge in [-0.3, -0.25) is 14.9 Å². The number of nitro benzene ring substituents is 1. The number of hydrogen-bond acceptors (Lipinski definition) is 6. The van der Waals surface area contributed by atoms with Crippen molar-refractivity contribution in [2.24, 2.45) is 0 Å². The Labute approximate surface area is 142 Å². The molecule has 0 saturated heterocycles. The molecule has 25 heavy (non-hydrogen) atoms. The van der Waals surface area contributed by atoms with E-state index in [1.165, 1.54) is 55.5 Å². The highest BCUT2D eigenvalue weighted by Gasteiger charge is 2.19. The van der Waals surface area contributed by atoms with Gasteiger partial charge in [0, 0.05) is 17.8 Å². The van der Waals surface area contributed by atoms with Crippen LogP contribution in [-0.2, 0) is 9.53 Å². The van der Waals surface area contributed by atoms with Crippen LogP contribution in [0.2, 0.25) is 0 Å². The van der Waals surface area contributed by atoms with Gasteiger partial charge in [-0.25, -0.2) is 4.79 Å². The summed E-state index contributed by atoms with van der Waals surface area (Å²) in [7, 11) is 0. The zero-order chi connectivity index (χ0) is 18.4. The van der Waals surface area contributed by atoms with Crippen molar-refractivity contribution in [3.8, 4) is 6.07 Å². The maximum Gasteiger partial charge on any atom is 0.338 e. The fraction of sp³-hybridized carbons (Fsp3) is 0.118. The highest BCUT2D eigenvalue weighted by atomic mass is 16.6. The Morgan fingerprint density at radius 2 is 1.92 bits per heavy atom. The Morgan fingerprint density at radius 3 is 2.52 bits per heavy atom. The van der Waals surface area contributed by atoms with Gasteiger partial charge in [0.1, 0.15) is 0 Å². The van der Waals surface area contributed by atoms with Crippen molar-refractivity contribution in [2.75, 3.05) is 5.32 Å². The number of rotatable bonds is 5. The van der Waals surface area contributed by atoms with Crippen LogP contribution in [0.5, 0.6) is 0 Å². The summed E-state index contributed by atoms with van der Waals surface area (Å²) in [6.07, 6.45) is -1.11. The molecule has 8 heteroatoms. The topological polar surface area (TPSA) is 122 Å². The van der Waals surface area contributed by atoms with Crippen molar-refractivity contribution < 1.29 is 19.2 Å². The second kappa shape index (κ2) is 7.70. The normalized spacial score (nSPS) is 11.0. The maximum atomic E-state index is 12.1. The zero-order valence-corrected chi connectivity index (χ0v) is 13.1. The Morgan fingerprint density at radius 1 is 1.24 bits per heavy atom. The number of carbonyl (C=O) groups is 2. The summed E-state index contributed by atoms with van der Waals surface area (Å²) in [4.78, 5) is 34.2. The zero-order valence-electron chi connectivity index (χ0n) is 13.1. The quantitative estimate of drug-likeness (QED) is 0.507. The fourth-order valence-corrected chi connectivity index (χ4v) is 1.90. The molecule has 0 fully saturated rings. The molecule has 0 unspecified atom stereocenters. The molecule has 0 aliphatic carbocycles. The number of hydrogen-bond donors (Lipinski definition) is 1. The lowest BCUT2D eigenvalue weighted by Gasteiger charge is -2.13. The van der Waals surface area contributed by atoms with E-state index in [0.717, 1.165) is 0 Å². The van der Waals surface area contributed by atoms with Gasteiger partial charge in [0.25, 0.3) is 11.6 Å². The maximum absolute atomic E-state index is 12.1. The summed E-state index contributed by atoms with van der Waals surface area (Å²) < 4.78 is 5.05.